The van der Waals surface area contributed by atoms with Crippen LogP contribution in [0.5, 0.6) is 0 Å². The molecule has 1 unspecified atom stereocenters. The first-order valence-electron chi connectivity index (χ1n) is 6.68. The highest BCUT2D eigenvalue weighted by atomic mass is 32.1. The molecule has 108 valence electrons. The smallest absolute Gasteiger partial charge is 0.307 e. The van der Waals surface area contributed by atoms with E-state index in [-0.39, 0.29) is 17.4 Å². The van der Waals surface area contributed by atoms with Crippen LogP contribution in [0.3, 0.4) is 0 Å². The molecule has 0 aliphatic rings. The molecule has 0 bridgehead atoms. The van der Waals surface area contributed by atoms with Crippen LogP contribution in [0.4, 0.5) is 0 Å². The molecule has 4 heteroatoms. The summed E-state index contributed by atoms with van der Waals surface area (Å²) in [6.45, 7) is 8.90. The molecule has 0 fully saturated rings. The van der Waals surface area contributed by atoms with Gasteiger partial charge in [-0.25, -0.2) is 0 Å². The monoisotopic (exact) mass is 283 g/mol. The highest BCUT2D eigenvalue weighted by Gasteiger charge is 2.23. The SMILES string of the molecule is CCOC(=O)CC(c1ccc(C(C)(C)C)s1)N(C)C. The summed E-state index contributed by atoms with van der Waals surface area (Å²) in [6.07, 6.45) is 0.408. The normalized spacial score (nSPS) is 13.6. The molecule has 0 aliphatic carbocycles. The van der Waals surface area contributed by atoms with Crippen LogP contribution in [0.1, 0.15) is 49.9 Å². The minimum absolute atomic E-state index is 0.0974. The zero-order valence-electron chi connectivity index (χ0n) is 12.8. The fraction of sp³-hybridized carbons (Fsp3) is 0.667. The molecule has 0 N–H and O–H groups in total. The van der Waals surface area contributed by atoms with E-state index in [9.17, 15) is 4.79 Å². The summed E-state index contributed by atoms with van der Waals surface area (Å²) in [6, 6.07) is 4.40. The maximum atomic E-state index is 11.7. The molecule has 1 atom stereocenters. The van der Waals surface area contributed by atoms with Crippen molar-refractivity contribution in [1.29, 1.82) is 0 Å². The summed E-state index contributed by atoms with van der Waals surface area (Å²) in [5.41, 5.74) is 0.156. The fourth-order valence-electron chi connectivity index (χ4n) is 1.85. The average Bonchev–Trinajstić information content (AvgIpc) is 2.74. The van der Waals surface area contributed by atoms with E-state index in [4.69, 9.17) is 4.74 Å². The molecular formula is C15H25NO2S. The summed E-state index contributed by atoms with van der Waals surface area (Å²) in [4.78, 5) is 16.3. The van der Waals surface area contributed by atoms with Crippen LogP contribution >= 0.6 is 11.3 Å². The van der Waals surface area contributed by atoms with Gasteiger partial charge < -0.3 is 9.64 Å². The van der Waals surface area contributed by atoms with Gasteiger partial charge >= 0.3 is 5.97 Å². The second-order valence-electron chi connectivity index (χ2n) is 5.94. The van der Waals surface area contributed by atoms with E-state index in [2.05, 4.69) is 37.8 Å². The molecule has 0 amide bonds. The summed E-state index contributed by atoms with van der Waals surface area (Å²) >= 11 is 1.79. The van der Waals surface area contributed by atoms with Gasteiger partial charge in [-0.15, -0.1) is 11.3 Å². The van der Waals surface area contributed by atoms with Gasteiger partial charge in [-0.2, -0.15) is 0 Å². The molecule has 1 aromatic heterocycles. The molecule has 0 saturated carbocycles. The fourth-order valence-corrected chi connectivity index (χ4v) is 3.11. The molecule has 0 aromatic carbocycles. The van der Waals surface area contributed by atoms with Crippen LogP contribution < -0.4 is 0 Å². The van der Waals surface area contributed by atoms with Gasteiger partial charge in [0.15, 0.2) is 0 Å². The third kappa shape index (κ3) is 4.62. The molecule has 1 heterocycles. The zero-order valence-corrected chi connectivity index (χ0v) is 13.6. The van der Waals surface area contributed by atoms with Crippen LogP contribution in [-0.2, 0) is 14.9 Å². The second kappa shape index (κ2) is 6.53. The van der Waals surface area contributed by atoms with Crippen LogP contribution in [-0.4, -0.2) is 31.6 Å². The standard InChI is InChI=1S/C15H25NO2S/c1-7-18-14(17)10-11(16(5)6)12-8-9-13(19-12)15(2,3)4/h8-9,11H,7,10H2,1-6H3. The zero-order chi connectivity index (χ0) is 14.6. The van der Waals surface area contributed by atoms with Crippen molar-refractivity contribution < 1.29 is 9.53 Å². The van der Waals surface area contributed by atoms with Crippen molar-refractivity contribution in [2.75, 3.05) is 20.7 Å². The third-order valence-corrected chi connectivity index (χ3v) is 4.60. The highest BCUT2D eigenvalue weighted by Crippen LogP contribution is 2.35. The van der Waals surface area contributed by atoms with Crippen LogP contribution in [0.25, 0.3) is 0 Å². The first-order valence-corrected chi connectivity index (χ1v) is 7.49. The molecule has 1 aromatic rings. The van der Waals surface area contributed by atoms with E-state index in [1.165, 1.54) is 9.75 Å². The Morgan fingerprint density at radius 2 is 2.00 bits per heavy atom. The summed E-state index contributed by atoms with van der Waals surface area (Å²) < 4.78 is 5.06. The van der Waals surface area contributed by atoms with Gasteiger partial charge in [-0.1, -0.05) is 20.8 Å². The number of hydrogen-bond acceptors (Lipinski definition) is 4. The van der Waals surface area contributed by atoms with Crippen LogP contribution in [0.15, 0.2) is 12.1 Å². The van der Waals surface area contributed by atoms with Gasteiger partial charge in [-0.3, -0.25) is 4.79 Å². The largest absolute Gasteiger partial charge is 0.466 e. The predicted molar refractivity (Wildman–Crippen MR) is 80.7 cm³/mol. The Hall–Kier alpha value is -0.870. The van der Waals surface area contributed by atoms with Crippen molar-refractivity contribution in [1.82, 2.24) is 4.90 Å². The number of esters is 1. The average molecular weight is 283 g/mol. The first kappa shape index (κ1) is 16.2. The van der Waals surface area contributed by atoms with Crippen molar-refractivity contribution in [2.45, 2.75) is 45.6 Å². The maximum absolute atomic E-state index is 11.7. The second-order valence-corrected chi connectivity index (χ2v) is 7.06. The Bertz CT molecular complexity index is 418. The third-order valence-electron chi connectivity index (χ3n) is 2.98. The van der Waals surface area contributed by atoms with E-state index in [0.717, 1.165) is 0 Å². The van der Waals surface area contributed by atoms with Gasteiger partial charge in [0.1, 0.15) is 0 Å². The first-order chi connectivity index (χ1) is 8.75. The topological polar surface area (TPSA) is 29.5 Å². The molecular weight excluding hydrogens is 258 g/mol. The predicted octanol–water partition coefficient (Wildman–Crippen LogP) is 3.60. The number of nitrogens with zero attached hydrogens (tertiary/aromatic N) is 1. The van der Waals surface area contributed by atoms with Gasteiger partial charge in [0.05, 0.1) is 19.1 Å². The van der Waals surface area contributed by atoms with Gasteiger partial charge in [0, 0.05) is 9.75 Å². The molecule has 19 heavy (non-hydrogen) atoms. The summed E-state index contributed by atoms with van der Waals surface area (Å²) in [5.74, 6) is -0.132. The molecule has 0 radical (unpaired) electrons. The number of hydrogen-bond donors (Lipinski definition) is 0. The number of carbonyl (C=O) groups is 1. The van der Waals surface area contributed by atoms with E-state index in [1.807, 2.05) is 21.0 Å². The van der Waals surface area contributed by atoms with Gasteiger partial charge in [0.2, 0.25) is 0 Å². The van der Waals surface area contributed by atoms with Crippen LogP contribution in [0.2, 0.25) is 0 Å². The number of rotatable bonds is 5. The Labute approximate surface area is 120 Å². The number of carbonyl (C=O) groups excluding carboxylic acids is 1. The minimum atomic E-state index is -0.132. The lowest BCUT2D eigenvalue weighted by Crippen LogP contribution is -2.23. The molecule has 0 saturated heterocycles. The molecule has 0 spiro atoms. The lowest BCUT2D eigenvalue weighted by Gasteiger charge is -2.22. The summed E-state index contributed by atoms with van der Waals surface area (Å²) in [5, 5.41) is 0. The van der Waals surface area contributed by atoms with Crippen molar-refractivity contribution in [3.05, 3.63) is 21.9 Å². The van der Waals surface area contributed by atoms with E-state index >= 15 is 0 Å². The van der Waals surface area contributed by atoms with E-state index < -0.39 is 0 Å². The minimum Gasteiger partial charge on any atom is -0.466 e. The van der Waals surface area contributed by atoms with Gasteiger partial charge in [-0.05, 0) is 38.6 Å². The van der Waals surface area contributed by atoms with Crippen LogP contribution in [0, 0.1) is 0 Å². The number of ether oxygens (including phenoxy) is 1. The number of thiophene rings is 1. The molecule has 3 nitrogen and oxygen atoms in total. The Morgan fingerprint density at radius 3 is 2.42 bits per heavy atom. The molecule has 1 rings (SSSR count). The summed E-state index contributed by atoms with van der Waals surface area (Å²) in [7, 11) is 4.00. The molecule has 0 aliphatic heterocycles. The van der Waals surface area contributed by atoms with E-state index in [1.54, 1.807) is 11.3 Å². The Balaban J connectivity index is 2.88. The van der Waals surface area contributed by atoms with Crippen molar-refractivity contribution in [3.63, 3.8) is 0 Å². The van der Waals surface area contributed by atoms with Crippen molar-refractivity contribution in [3.8, 4) is 0 Å². The lowest BCUT2D eigenvalue weighted by molar-refractivity contribution is -0.144. The van der Waals surface area contributed by atoms with Crippen molar-refractivity contribution >= 4 is 17.3 Å². The maximum Gasteiger partial charge on any atom is 0.307 e. The van der Waals surface area contributed by atoms with Gasteiger partial charge in [0.25, 0.3) is 0 Å². The Kier molecular flexibility index (Phi) is 5.56. The van der Waals surface area contributed by atoms with Crippen molar-refractivity contribution in [2.24, 2.45) is 0 Å². The lowest BCUT2D eigenvalue weighted by atomic mass is 9.95. The van der Waals surface area contributed by atoms with E-state index in [0.29, 0.717) is 13.0 Å². The Morgan fingerprint density at radius 1 is 1.37 bits per heavy atom. The quantitative estimate of drug-likeness (QED) is 0.773. The highest BCUT2D eigenvalue weighted by molar-refractivity contribution is 7.12.